The van der Waals surface area contributed by atoms with Crippen LogP contribution < -0.4 is 10.6 Å². The molecule has 1 atom stereocenters. The average molecular weight is 365 g/mol. The maximum Gasteiger partial charge on any atom is 0.253 e. The molecule has 0 aliphatic heterocycles. The second kappa shape index (κ2) is 9.59. The van der Waals surface area contributed by atoms with Crippen molar-refractivity contribution in [3.8, 4) is 0 Å². The minimum absolute atomic E-state index is 0.00389. The number of benzene rings is 2. The summed E-state index contributed by atoms with van der Waals surface area (Å²) in [5, 5.41) is 6.67. The van der Waals surface area contributed by atoms with Gasteiger partial charge in [0.2, 0.25) is 0 Å². The van der Waals surface area contributed by atoms with E-state index < -0.39 is 0 Å². The van der Waals surface area contributed by atoms with Crippen molar-refractivity contribution in [3.05, 3.63) is 64.7 Å². The molecule has 0 saturated carbocycles. The van der Waals surface area contributed by atoms with Gasteiger partial charge in [0.15, 0.2) is 0 Å². The van der Waals surface area contributed by atoms with Gasteiger partial charge in [0, 0.05) is 12.2 Å². The minimum atomic E-state index is 0.00389. The van der Waals surface area contributed by atoms with E-state index in [-0.39, 0.29) is 11.9 Å². The number of rotatable bonds is 8. The van der Waals surface area contributed by atoms with Crippen LogP contribution in [0.2, 0.25) is 0 Å². The van der Waals surface area contributed by atoms with E-state index in [1.54, 1.807) is 0 Å². The highest BCUT2D eigenvalue weighted by Gasteiger charge is 2.21. The summed E-state index contributed by atoms with van der Waals surface area (Å²) in [4.78, 5) is 12.6. The van der Waals surface area contributed by atoms with E-state index >= 15 is 0 Å². The van der Waals surface area contributed by atoms with E-state index in [4.69, 9.17) is 0 Å². The lowest BCUT2D eigenvalue weighted by atomic mass is 9.87. The molecule has 2 aromatic carbocycles. The molecule has 1 unspecified atom stereocenters. The molecule has 0 aromatic heterocycles. The Kier molecular flexibility index (Phi) is 6.92. The summed E-state index contributed by atoms with van der Waals surface area (Å²) in [6.45, 7) is 4.83. The Bertz CT molecular complexity index is 769. The largest absolute Gasteiger partial charge is 0.378 e. The molecule has 1 aliphatic rings. The molecule has 0 saturated heterocycles. The number of fused-ring (bicyclic) bond motifs is 1. The first kappa shape index (κ1) is 19.5. The Balaban J connectivity index is 1.87. The van der Waals surface area contributed by atoms with E-state index in [1.807, 2.05) is 13.0 Å². The van der Waals surface area contributed by atoms with Crippen LogP contribution in [0.3, 0.4) is 0 Å². The van der Waals surface area contributed by atoms with Crippen LogP contribution in [0.1, 0.15) is 79.0 Å². The summed E-state index contributed by atoms with van der Waals surface area (Å²) < 4.78 is 0. The monoisotopic (exact) mass is 364 g/mol. The number of unbranched alkanes of at least 4 members (excludes halogenated alkanes) is 2. The molecule has 27 heavy (non-hydrogen) atoms. The van der Waals surface area contributed by atoms with Gasteiger partial charge >= 0.3 is 0 Å². The van der Waals surface area contributed by atoms with Crippen LogP contribution in [0.4, 0.5) is 5.69 Å². The van der Waals surface area contributed by atoms with Crippen LogP contribution in [0, 0.1) is 0 Å². The highest BCUT2D eigenvalue weighted by Crippen LogP contribution is 2.33. The van der Waals surface area contributed by atoms with Crippen LogP contribution in [0.5, 0.6) is 0 Å². The third-order valence-corrected chi connectivity index (χ3v) is 5.43. The number of carbonyl (C=O) groups is 1. The van der Waals surface area contributed by atoms with Crippen molar-refractivity contribution in [3.63, 3.8) is 0 Å². The lowest BCUT2D eigenvalue weighted by Gasteiger charge is -2.28. The Hall–Kier alpha value is -2.29. The molecule has 0 bridgehead atoms. The Morgan fingerprint density at radius 3 is 2.78 bits per heavy atom. The van der Waals surface area contributed by atoms with E-state index in [0.29, 0.717) is 6.54 Å². The standard InChI is InChI=1S/C24H32N2O/c1-3-5-6-10-18-15-16-21(24(27)25-4-2)23(17-18)26-22-14-9-12-19-11-7-8-13-20(19)22/h7-8,11,13,15-17,22,26H,3-6,9-10,12,14H2,1-2H3,(H,25,27). The quantitative estimate of drug-likeness (QED) is 0.594. The number of hydrogen-bond donors (Lipinski definition) is 2. The van der Waals surface area contributed by atoms with Gasteiger partial charge in [0.25, 0.3) is 5.91 Å². The fraction of sp³-hybridized carbons (Fsp3) is 0.458. The average Bonchev–Trinajstić information content (AvgIpc) is 2.69. The molecule has 3 rings (SSSR count). The highest BCUT2D eigenvalue weighted by molar-refractivity contribution is 5.99. The smallest absolute Gasteiger partial charge is 0.253 e. The predicted molar refractivity (Wildman–Crippen MR) is 113 cm³/mol. The molecule has 0 fully saturated rings. The summed E-state index contributed by atoms with van der Waals surface area (Å²) in [7, 11) is 0. The van der Waals surface area contributed by atoms with E-state index in [2.05, 4.69) is 54.0 Å². The predicted octanol–water partition coefficient (Wildman–Crippen LogP) is 5.66. The molecule has 0 radical (unpaired) electrons. The summed E-state index contributed by atoms with van der Waals surface area (Å²) in [6, 6.07) is 15.3. The Labute approximate surface area is 163 Å². The molecule has 2 N–H and O–H groups in total. The van der Waals surface area contributed by atoms with Crippen molar-refractivity contribution in [2.75, 3.05) is 11.9 Å². The molecule has 2 aromatic rings. The normalized spacial score (nSPS) is 15.9. The first-order valence-corrected chi connectivity index (χ1v) is 10.5. The minimum Gasteiger partial charge on any atom is -0.378 e. The van der Waals surface area contributed by atoms with Gasteiger partial charge in [-0.2, -0.15) is 0 Å². The molecule has 144 valence electrons. The summed E-state index contributed by atoms with van der Waals surface area (Å²) in [5.74, 6) is 0.00389. The number of hydrogen-bond acceptors (Lipinski definition) is 2. The van der Waals surface area contributed by atoms with Crippen molar-refractivity contribution in [2.24, 2.45) is 0 Å². The van der Waals surface area contributed by atoms with Crippen molar-refractivity contribution in [2.45, 2.75) is 64.8 Å². The third kappa shape index (κ3) is 4.91. The van der Waals surface area contributed by atoms with Crippen LogP contribution in [0.25, 0.3) is 0 Å². The third-order valence-electron chi connectivity index (χ3n) is 5.43. The van der Waals surface area contributed by atoms with Crippen molar-refractivity contribution >= 4 is 11.6 Å². The van der Waals surface area contributed by atoms with Gasteiger partial charge in [0.1, 0.15) is 0 Å². The van der Waals surface area contributed by atoms with Gasteiger partial charge in [-0.15, -0.1) is 0 Å². The first-order valence-electron chi connectivity index (χ1n) is 10.5. The maximum absolute atomic E-state index is 12.6. The van der Waals surface area contributed by atoms with E-state index in [1.165, 1.54) is 42.4 Å². The summed E-state index contributed by atoms with van der Waals surface area (Å²) in [6.07, 6.45) is 8.17. The molecule has 3 heteroatoms. The van der Waals surface area contributed by atoms with Crippen LogP contribution in [-0.2, 0) is 12.8 Å². The lowest BCUT2D eigenvalue weighted by molar-refractivity contribution is 0.0956. The summed E-state index contributed by atoms with van der Waals surface area (Å²) in [5.41, 5.74) is 5.83. The number of nitrogens with one attached hydrogen (secondary N) is 2. The number of carbonyl (C=O) groups excluding carboxylic acids is 1. The van der Waals surface area contributed by atoms with Crippen LogP contribution in [-0.4, -0.2) is 12.5 Å². The molecule has 3 nitrogen and oxygen atoms in total. The topological polar surface area (TPSA) is 41.1 Å². The second-order valence-corrected chi connectivity index (χ2v) is 7.48. The number of anilines is 1. The van der Waals surface area contributed by atoms with Gasteiger partial charge < -0.3 is 10.6 Å². The lowest BCUT2D eigenvalue weighted by Crippen LogP contribution is -2.25. The summed E-state index contributed by atoms with van der Waals surface area (Å²) >= 11 is 0. The van der Waals surface area contributed by atoms with E-state index in [0.717, 1.165) is 30.5 Å². The number of aryl methyl sites for hydroxylation is 2. The number of amides is 1. The zero-order valence-electron chi connectivity index (χ0n) is 16.7. The van der Waals surface area contributed by atoms with Crippen molar-refractivity contribution in [1.29, 1.82) is 0 Å². The van der Waals surface area contributed by atoms with Crippen LogP contribution in [0.15, 0.2) is 42.5 Å². The Morgan fingerprint density at radius 2 is 1.96 bits per heavy atom. The zero-order valence-corrected chi connectivity index (χ0v) is 16.7. The molecule has 0 heterocycles. The SMILES string of the molecule is CCCCCc1ccc(C(=O)NCC)c(NC2CCCc3ccccc32)c1. The fourth-order valence-corrected chi connectivity index (χ4v) is 3.99. The maximum atomic E-state index is 12.6. The van der Waals surface area contributed by atoms with Crippen molar-refractivity contribution < 1.29 is 4.79 Å². The van der Waals surface area contributed by atoms with Gasteiger partial charge in [-0.25, -0.2) is 0 Å². The van der Waals surface area contributed by atoms with Crippen LogP contribution >= 0.6 is 0 Å². The highest BCUT2D eigenvalue weighted by atomic mass is 16.1. The fourth-order valence-electron chi connectivity index (χ4n) is 3.99. The van der Waals surface area contributed by atoms with Gasteiger partial charge in [0.05, 0.1) is 11.6 Å². The second-order valence-electron chi connectivity index (χ2n) is 7.48. The zero-order chi connectivity index (χ0) is 19.1. The van der Waals surface area contributed by atoms with Gasteiger partial charge in [-0.1, -0.05) is 50.1 Å². The molecule has 1 aliphatic carbocycles. The molecular formula is C24H32N2O. The molecular weight excluding hydrogens is 332 g/mol. The van der Waals surface area contributed by atoms with Crippen molar-refractivity contribution in [1.82, 2.24) is 5.32 Å². The molecule has 0 spiro atoms. The van der Waals surface area contributed by atoms with Gasteiger partial charge in [-0.3, -0.25) is 4.79 Å². The van der Waals surface area contributed by atoms with Gasteiger partial charge in [-0.05, 0) is 67.9 Å². The first-order chi connectivity index (χ1) is 13.2. The Morgan fingerprint density at radius 1 is 1.11 bits per heavy atom. The molecule has 1 amide bonds. The van der Waals surface area contributed by atoms with E-state index in [9.17, 15) is 4.79 Å².